The molecule has 2 saturated carbocycles. The molecule has 2 aliphatic carbocycles. The van der Waals surface area contributed by atoms with Crippen LogP contribution in [-0.2, 0) is 9.53 Å². The molecule has 4 heteroatoms. The van der Waals surface area contributed by atoms with Crippen LogP contribution in [0.5, 0.6) is 5.75 Å². The van der Waals surface area contributed by atoms with Gasteiger partial charge in [0.15, 0.2) is 0 Å². The van der Waals surface area contributed by atoms with Crippen molar-refractivity contribution < 1.29 is 19.1 Å². The minimum absolute atomic E-state index is 0.00460. The van der Waals surface area contributed by atoms with Crippen LogP contribution in [-0.4, -0.2) is 18.0 Å². The average molecular weight is 443 g/mol. The number of ether oxygens (including phenoxy) is 2. The van der Waals surface area contributed by atoms with E-state index in [1.807, 2.05) is 0 Å². The van der Waals surface area contributed by atoms with Crippen LogP contribution in [0.15, 0.2) is 24.3 Å². The van der Waals surface area contributed by atoms with Crippen LogP contribution in [0.2, 0.25) is 0 Å². The first-order chi connectivity index (χ1) is 15.6. The van der Waals surface area contributed by atoms with E-state index in [0.717, 1.165) is 63.2 Å². The van der Waals surface area contributed by atoms with Crippen molar-refractivity contribution >= 4 is 11.9 Å². The minimum atomic E-state index is -0.273. The van der Waals surface area contributed by atoms with Gasteiger partial charge in [0.25, 0.3) is 0 Å². The van der Waals surface area contributed by atoms with Crippen molar-refractivity contribution in [2.45, 2.75) is 110 Å². The zero-order chi connectivity index (χ0) is 22.8. The van der Waals surface area contributed by atoms with Gasteiger partial charge in [-0.1, -0.05) is 52.4 Å². The summed E-state index contributed by atoms with van der Waals surface area (Å²) in [7, 11) is 0. The lowest BCUT2D eigenvalue weighted by molar-refractivity contribution is -0.140. The molecule has 1 aromatic carbocycles. The summed E-state index contributed by atoms with van der Waals surface area (Å²) in [6, 6.07) is 6.84. The minimum Gasteiger partial charge on any atom is -0.459 e. The number of carbonyl (C=O) groups is 2. The number of hydrogen-bond acceptors (Lipinski definition) is 4. The zero-order valence-electron chi connectivity index (χ0n) is 20.2. The average Bonchev–Trinajstić information content (AvgIpc) is 2.83. The Balaban J connectivity index is 1.40. The molecule has 4 nitrogen and oxygen atoms in total. The van der Waals surface area contributed by atoms with Gasteiger partial charge in [-0.2, -0.15) is 0 Å². The lowest BCUT2D eigenvalue weighted by atomic mass is 9.80. The molecule has 2 aliphatic rings. The van der Waals surface area contributed by atoms with Gasteiger partial charge in [0.05, 0.1) is 11.5 Å². The smallest absolute Gasteiger partial charge is 0.338 e. The Morgan fingerprint density at radius 2 is 1.31 bits per heavy atom. The molecule has 3 rings (SSSR count). The van der Waals surface area contributed by atoms with Gasteiger partial charge in [0.2, 0.25) is 0 Å². The summed E-state index contributed by atoms with van der Waals surface area (Å²) in [5.41, 5.74) is 0.523. The second-order valence-corrected chi connectivity index (χ2v) is 10.00. The van der Waals surface area contributed by atoms with Crippen LogP contribution in [0.1, 0.15) is 114 Å². The maximum atomic E-state index is 12.5. The zero-order valence-corrected chi connectivity index (χ0v) is 20.2. The summed E-state index contributed by atoms with van der Waals surface area (Å²) in [5.74, 6) is 1.68. The Labute approximate surface area is 194 Å². The maximum Gasteiger partial charge on any atom is 0.338 e. The fourth-order valence-electron chi connectivity index (χ4n) is 5.29. The Morgan fingerprint density at radius 1 is 0.781 bits per heavy atom. The number of carbonyl (C=O) groups excluding carboxylic acids is 2. The predicted molar refractivity (Wildman–Crippen MR) is 128 cm³/mol. The van der Waals surface area contributed by atoms with Gasteiger partial charge in [-0.15, -0.1) is 0 Å². The second-order valence-electron chi connectivity index (χ2n) is 10.00. The van der Waals surface area contributed by atoms with Gasteiger partial charge in [0, 0.05) is 0 Å². The number of rotatable bonds is 10. The third-order valence-electron chi connectivity index (χ3n) is 7.49. The molecule has 0 heterocycles. The summed E-state index contributed by atoms with van der Waals surface area (Å²) in [6.07, 6.45) is 16.1. The topological polar surface area (TPSA) is 52.6 Å². The fraction of sp³-hybridized carbons (Fsp3) is 0.714. The third-order valence-corrected chi connectivity index (χ3v) is 7.49. The monoisotopic (exact) mass is 442 g/mol. The van der Waals surface area contributed by atoms with Crippen molar-refractivity contribution in [3.05, 3.63) is 29.8 Å². The second kappa shape index (κ2) is 13.0. The van der Waals surface area contributed by atoms with Crippen LogP contribution in [0.3, 0.4) is 0 Å². The summed E-state index contributed by atoms with van der Waals surface area (Å²) >= 11 is 0. The Bertz CT molecular complexity index is 695. The third kappa shape index (κ3) is 7.64. The molecule has 0 saturated heterocycles. The van der Waals surface area contributed by atoms with Crippen molar-refractivity contribution in [3.8, 4) is 5.75 Å². The molecule has 0 spiro atoms. The van der Waals surface area contributed by atoms with E-state index in [9.17, 15) is 9.59 Å². The molecule has 0 unspecified atom stereocenters. The predicted octanol–water partition coefficient (Wildman–Crippen LogP) is 7.49. The van der Waals surface area contributed by atoms with Gasteiger partial charge in [0.1, 0.15) is 11.9 Å². The van der Waals surface area contributed by atoms with Crippen molar-refractivity contribution in [1.29, 1.82) is 0 Å². The molecule has 0 N–H and O–H groups in total. The lowest BCUT2D eigenvalue weighted by Gasteiger charge is -2.28. The molecular weight excluding hydrogens is 400 g/mol. The normalized spacial score (nSPS) is 25.8. The molecule has 0 bridgehead atoms. The quantitative estimate of drug-likeness (QED) is 0.278. The van der Waals surface area contributed by atoms with Crippen molar-refractivity contribution in [2.24, 2.45) is 17.8 Å². The van der Waals surface area contributed by atoms with Crippen LogP contribution in [0, 0.1) is 17.8 Å². The molecule has 0 atom stereocenters. The van der Waals surface area contributed by atoms with Gasteiger partial charge in [-0.25, -0.2) is 4.79 Å². The van der Waals surface area contributed by atoms with E-state index in [1.165, 1.54) is 38.5 Å². The molecule has 0 aliphatic heterocycles. The first kappa shape index (κ1) is 24.8. The fourth-order valence-corrected chi connectivity index (χ4v) is 5.29. The van der Waals surface area contributed by atoms with Crippen molar-refractivity contribution in [1.82, 2.24) is 0 Å². The number of esters is 2. The Morgan fingerprint density at radius 3 is 1.84 bits per heavy atom. The Hall–Kier alpha value is -1.84. The highest BCUT2D eigenvalue weighted by Crippen LogP contribution is 2.33. The van der Waals surface area contributed by atoms with E-state index in [-0.39, 0.29) is 24.0 Å². The summed E-state index contributed by atoms with van der Waals surface area (Å²) < 4.78 is 11.3. The van der Waals surface area contributed by atoms with Crippen molar-refractivity contribution in [2.75, 3.05) is 0 Å². The molecule has 0 radical (unpaired) electrons. The Kier molecular flexibility index (Phi) is 10.1. The molecule has 2 fully saturated rings. The number of unbranched alkanes of at least 4 members (excludes halogenated alkanes) is 2. The first-order valence-corrected chi connectivity index (χ1v) is 13.1. The van der Waals surface area contributed by atoms with Crippen molar-refractivity contribution in [3.63, 3.8) is 0 Å². The van der Waals surface area contributed by atoms with Gasteiger partial charge in [-0.05, 0) is 87.5 Å². The lowest BCUT2D eigenvalue weighted by Crippen LogP contribution is -2.26. The molecule has 0 amide bonds. The van der Waals surface area contributed by atoms with Crippen LogP contribution < -0.4 is 4.74 Å². The van der Waals surface area contributed by atoms with Gasteiger partial charge in [-0.3, -0.25) is 4.79 Å². The highest BCUT2D eigenvalue weighted by atomic mass is 16.5. The van der Waals surface area contributed by atoms with E-state index in [1.54, 1.807) is 24.3 Å². The van der Waals surface area contributed by atoms with E-state index < -0.39 is 0 Å². The van der Waals surface area contributed by atoms with E-state index in [0.29, 0.717) is 11.3 Å². The van der Waals surface area contributed by atoms with Gasteiger partial charge < -0.3 is 9.47 Å². The summed E-state index contributed by atoms with van der Waals surface area (Å²) in [5, 5.41) is 0. The van der Waals surface area contributed by atoms with E-state index in [2.05, 4.69) is 13.8 Å². The largest absolute Gasteiger partial charge is 0.459 e. The standard InChI is InChI=1S/C28H42O4/c1-3-5-7-21-9-13-23(14-10-21)27(29)32-26-19-15-24(16-20-26)28(30)31-25-17-11-22(12-18-25)8-6-4-2/h15-16,19-23,25H,3-14,17-18H2,1-2H3. The number of hydrogen-bond donors (Lipinski definition) is 0. The number of benzene rings is 1. The van der Waals surface area contributed by atoms with Crippen LogP contribution >= 0.6 is 0 Å². The molecule has 0 aromatic heterocycles. The van der Waals surface area contributed by atoms with Gasteiger partial charge >= 0.3 is 11.9 Å². The summed E-state index contributed by atoms with van der Waals surface area (Å²) in [6.45, 7) is 4.46. The molecule has 32 heavy (non-hydrogen) atoms. The molecular formula is C28H42O4. The highest BCUT2D eigenvalue weighted by molar-refractivity contribution is 5.89. The van der Waals surface area contributed by atoms with E-state index >= 15 is 0 Å². The molecule has 178 valence electrons. The van der Waals surface area contributed by atoms with E-state index in [4.69, 9.17) is 9.47 Å². The van der Waals surface area contributed by atoms with Crippen LogP contribution in [0.4, 0.5) is 0 Å². The maximum absolute atomic E-state index is 12.5. The SMILES string of the molecule is CCCCC1CCC(OC(=O)c2ccc(OC(=O)C3CCC(CCCC)CC3)cc2)CC1. The highest BCUT2D eigenvalue weighted by Gasteiger charge is 2.28. The summed E-state index contributed by atoms with van der Waals surface area (Å²) in [4.78, 5) is 25.1. The molecule has 1 aromatic rings. The van der Waals surface area contributed by atoms with Crippen LogP contribution in [0.25, 0.3) is 0 Å². The first-order valence-electron chi connectivity index (χ1n) is 13.1.